The smallest absolute Gasteiger partial charge is 0.0580 e. The van der Waals surface area contributed by atoms with E-state index in [0.717, 1.165) is 18.8 Å². The summed E-state index contributed by atoms with van der Waals surface area (Å²) in [5.74, 6) is 2.11. The molecule has 2 aliphatic carbocycles. The average Bonchev–Trinajstić information content (AvgIpc) is 2.21. The first-order valence-electron chi connectivity index (χ1n) is 5.78. The summed E-state index contributed by atoms with van der Waals surface area (Å²) in [5, 5.41) is 9.72. The number of rotatable bonds is 0. The van der Waals surface area contributed by atoms with E-state index in [1.54, 1.807) is 0 Å². The van der Waals surface area contributed by atoms with Crippen molar-refractivity contribution in [2.75, 3.05) is 0 Å². The van der Waals surface area contributed by atoms with Crippen LogP contribution in [0.4, 0.5) is 0 Å². The van der Waals surface area contributed by atoms with Crippen molar-refractivity contribution in [3.05, 3.63) is 12.2 Å². The largest absolute Gasteiger partial charge is 0.393 e. The zero-order valence-electron chi connectivity index (χ0n) is 9.59. The summed E-state index contributed by atoms with van der Waals surface area (Å²) in [6.07, 6.45) is 2.98. The van der Waals surface area contributed by atoms with Crippen molar-refractivity contribution < 1.29 is 5.11 Å². The van der Waals surface area contributed by atoms with Gasteiger partial charge >= 0.3 is 0 Å². The first kappa shape index (κ1) is 10.2. The van der Waals surface area contributed by atoms with Crippen LogP contribution in [0.1, 0.15) is 40.0 Å². The van der Waals surface area contributed by atoms with Crippen LogP contribution < -0.4 is 0 Å². The third-order valence-corrected chi connectivity index (χ3v) is 4.71. The van der Waals surface area contributed by atoms with Crippen LogP contribution >= 0.6 is 0 Å². The Morgan fingerprint density at radius 3 is 2.64 bits per heavy atom. The van der Waals surface area contributed by atoms with Gasteiger partial charge in [0.05, 0.1) is 6.10 Å². The maximum Gasteiger partial charge on any atom is 0.0580 e. The van der Waals surface area contributed by atoms with E-state index in [1.165, 1.54) is 12.0 Å². The summed E-state index contributed by atoms with van der Waals surface area (Å²) in [7, 11) is 0. The molecule has 0 aromatic carbocycles. The van der Waals surface area contributed by atoms with Crippen molar-refractivity contribution in [2.24, 2.45) is 23.2 Å². The lowest BCUT2D eigenvalue weighted by atomic mass is 9.67. The Bertz CT molecular complexity index is 254. The van der Waals surface area contributed by atoms with E-state index in [0.29, 0.717) is 17.3 Å². The van der Waals surface area contributed by atoms with Gasteiger partial charge in [-0.2, -0.15) is 0 Å². The van der Waals surface area contributed by atoms with Gasteiger partial charge in [0.1, 0.15) is 0 Å². The minimum atomic E-state index is -0.121. The fourth-order valence-electron chi connectivity index (χ4n) is 3.76. The molecule has 1 heteroatoms. The quantitative estimate of drug-likeness (QED) is 0.588. The van der Waals surface area contributed by atoms with Crippen LogP contribution in [-0.2, 0) is 0 Å². The van der Waals surface area contributed by atoms with Crippen LogP contribution in [0.3, 0.4) is 0 Å². The summed E-state index contributed by atoms with van der Waals surface area (Å²) in [5.41, 5.74) is 1.69. The molecule has 0 aromatic heterocycles. The van der Waals surface area contributed by atoms with Crippen molar-refractivity contribution in [2.45, 2.75) is 46.1 Å². The number of hydrogen-bond acceptors (Lipinski definition) is 1. The highest BCUT2D eigenvalue weighted by Gasteiger charge is 2.50. The molecular weight excluding hydrogens is 172 g/mol. The van der Waals surface area contributed by atoms with E-state index < -0.39 is 0 Å². The fourth-order valence-corrected chi connectivity index (χ4v) is 3.76. The Balaban J connectivity index is 2.26. The van der Waals surface area contributed by atoms with Crippen LogP contribution in [0.2, 0.25) is 0 Å². The molecular formula is C13H22O. The van der Waals surface area contributed by atoms with Crippen LogP contribution in [0.5, 0.6) is 0 Å². The first-order valence-corrected chi connectivity index (χ1v) is 5.78. The van der Waals surface area contributed by atoms with Crippen molar-refractivity contribution in [1.29, 1.82) is 0 Å². The number of fused-ring (bicyclic) bond motifs is 1. The zero-order chi connectivity index (χ0) is 10.5. The molecule has 2 saturated carbocycles. The molecule has 0 aromatic rings. The predicted molar refractivity (Wildman–Crippen MR) is 58.9 cm³/mol. The molecule has 80 valence electrons. The molecule has 0 bridgehead atoms. The van der Waals surface area contributed by atoms with Gasteiger partial charge in [-0.05, 0) is 42.4 Å². The number of aliphatic hydroxyl groups is 1. The van der Waals surface area contributed by atoms with Crippen molar-refractivity contribution in [1.82, 2.24) is 0 Å². The lowest BCUT2D eigenvalue weighted by Gasteiger charge is -2.39. The Labute approximate surface area is 87.2 Å². The van der Waals surface area contributed by atoms with E-state index in [2.05, 4.69) is 27.4 Å². The predicted octanol–water partition coefficient (Wildman–Crippen LogP) is 3.00. The fraction of sp³-hybridized carbons (Fsp3) is 0.846. The Kier molecular flexibility index (Phi) is 2.26. The van der Waals surface area contributed by atoms with Gasteiger partial charge in [-0.1, -0.05) is 32.9 Å². The van der Waals surface area contributed by atoms with Gasteiger partial charge in [0.25, 0.3) is 0 Å². The molecule has 0 radical (unpaired) electrons. The van der Waals surface area contributed by atoms with Crippen molar-refractivity contribution >= 4 is 0 Å². The SMILES string of the molecule is C=C1CC(O)CC2CC(C)C(C)(C)C12. The molecule has 2 fully saturated rings. The highest BCUT2D eigenvalue weighted by atomic mass is 16.3. The molecule has 2 aliphatic rings. The zero-order valence-corrected chi connectivity index (χ0v) is 9.59. The summed E-state index contributed by atoms with van der Waals surface area (Å²) in [4.78, 5) is 0. The Morgan fingerprint density at radius 1 is 1.36 bits per heavy atom. The van der Waals surface area contributed by atoms with Gasteiger partial charge in [-0.15, -0.1) is 0 Å². The molecule has 14 heavy (non-hydrogen) atoms. The highest BCUT2D eigenvalue weighted by Crippen LogP contribution is 2.57. The average molecular weight is 194 g/mol. The van der Waals surface area contributed by atoms with Gasteiger partial charge < -0.3 is 5.11 Å². The molecule has 0 aliphatic heterocycles. The van der Waals surface area contributed by atoms with Crippen molar-refractivity contribution in [3.8, 4) is 0 Å². The summed E-state index contributed by atoms with van der Waals surface area (Å²) in [6, 6.07) is 0. The third-order valence-electron chi connectivity index (χ3n) is 4.71. The lowest BCUT2D eigenvalue weighted by Crippen LogP contribution is -2.33. The van der Waals surface area contributed by atoms with Crippen LogP contribution in [0, 0.1) is 23.2 Å². The van der Waals surface area contributed by atoms with Gasteiger partial charge in [-0.25, -0.2) is 0 Å². The topological polar surface area (TPSA) is 20.2 Å². The maximum atomic E-state index is 9.72. The van der Waals surface area contributed by atoms with Gasteiger partial charge in [0.15, 0.2) is 0 Å². The summed E-state index contributed by atoms with van der Waals surface area (Å²) in [6.45, 7) is 11.3. The normalized spacial score (nSPS) is 46.4. The Morgan fingerprint density at radius 2 is 2.00 bits per heavy atom. The van der Waals surface area contributed by atoms with E-state index in [1.807, 2.05) is 0 Å². The minimum Gasteiger partial charge on any atom is -0.393 e. The van der Waals surface area contributed by atoms with Crippen LogP contribution in [-0.4, -0.2) is 11.2 Å². The summed E-state index contributed by atoms with van der Waals surface area (Å²) >= 11 is 0. The van der Waals surface area contributed by atoms with Crippen LogP contribution in [0.15, 0.2) is 12.2 Å². The Hall–Kier alpha value is -0.300. The van der Waals surface area contributed by atoms with Crippen LogP contribution in [0.25, 0.3) is 0 Å². The van der Waals surface area contributed by atoms with Crippen molar-refractivity contribution in [3.63, 3.8) is 0 Å². The monoisotopic (exact) mass is 194 g/mol. The van der Waals surface area contributed by atoms with E-state index in [9.17, 15) is 5.11 Å². The van der Waals surface area contributed by atoms with E-state index in [4.69, 9.17) is 0 Å². The van der Waals surface area contributed by atoms with Gasteiger partial charge in [0, 0.05) is 0 Å². The van der Waals surface area contributed by atoms with Gasteiger partial charge in [-0.3, -0.25) is 0 Å². The second kappa shape index (κ2) is 3.10. The van der Waals surface area contributed by atoms with E-state index >= 15 is 0 Å². The standard InChI is InChI=1S/C13H22O/c1-8-5-11(14)7-10-6-9(2)13(3,4)12(8)10/h9-12,14H,1,5-7H2,2-4H3. The molecule has 2 rings (SSSR count). The van der Waals surface area contributed by atoms with Gasteiger partial charge in [0.2, 0.25) is 0 Å². The maximum absolute atomic E-state index is 9.72. The molecule has 0 heterocycles. The molecule has 4 atom stereocenters. The highest BCUT2D eigenvalue weighted by molar-refractivity contribution is 5.16. The van der Waals surface area contributed by atoms with E-state index in [-0.39, 0.29) is 6.10 Å². The third kappa shape index (κ3) is 1.33. The molecule has 1 N–H and O–H groups in total. The molecule has 0 spiro atoms. The minimum absolute atomic E-state index is 0.121. The second-order valence-electron chi connectivity index (χ2n) is 5.95. The lowest BCUT2D eigenvalue weighted by molar-refractivity contribution is 0.0886. The summed E-state index contributed by atoms with van der Waals surface area (Å²) < 4.78 is 0. The molecule has 0 saturated heterocycles. The molecule has 4 unspecified atom stereocenters. The number of hydrogen-bond donors (Lipinski definition) is 1. The number of aliphatic hydroxyl groups excluding tert-OH is 1. The molecule has 0 amide bonds. The first-order chi connectivity index (χ1) is 6.43. The second-order valence-corrected chi connectivity index (χ2v) is 5.95. The molecule has 1 nitrogen and oxygen atoms in total.